The van der Waals surface area contributed by atoms with Crippen LogP contribution in [0, 0.1) is 0 Å². The van der Waals surface area contributed by atoms with Gasteiger partial charge in [-0.2, -0.15) is 5.21 Å². The fourth-order valence-electron chi connectivity index (χ4n) is 4.63. The standard InChI is InChI=1S/C22H22F3N9O4/c1-32-20(37)15(8-12-2-4-14(5-3-12)38-22(23,24)25)34-16(9-27-21(32)34)19(36)26-10-17(35)33-7-6-13(11-33)18-28-30-31-29-18/h2-5,9,13,15H,6-8,10-11H2,1H3,(H,26,36)(H,28,29,30,31)/t13-,15?/m1/s1. The monoisotopic (exact) mass is 533 g/mol. The number of hydrogen-bond acceptors (Lipinski definition) is 8. The number of fused-ring (bicyclic) bond motifs is 1. The van der Waals surface area contributed by atoms with E-state index in [1.54, 1.807) is 4.90 Å². The Morgan fingerprint density at radius 2 is 2.00 bits per heavy atom. The highest BCUT2D eigenvalue weighted by atomic mass is 19.4. The summed E-state index contributed by atoms with van der Waals surface area (Å²) in [6.07, 6.45) is -2.72. The average Bonchev–Trinajstić information content (AvgIpc) is 3.67. The summed E-state index contributed by atoms with van der Waals surface area (Å²) in [6.45, 7) is 0.641. The molecular formula is C22H22F3N9O4. The Hall–Kier alpha value is -4.50. The molecule has 13 nitrogen and oxygen atoms in total. The molecule has 1 unspecified atom stereocenters. The first-order valence-corrected chi connectivity index (χ1v) is 11.6. The number of halogens is 3. The van der Waals surface area contributed by atoms with Gasteiger partial charge in [0, 0.05) is 32.5 Å². The molecule has 38 heavy (non-hydrogen) atoms. The summed E-state index contributed by atoms with van der Waals surface area (Å²) in [6, 6.07) is 4.29. The summed E-state index contributed by atoms with van der Waals surface area (Å²) in [7, 11) is 1.51. The molecule has 0 saturated carbocycles. The number of aromatic amines is 1. The Kier molecular flexibility index (Phi) is 6.46. The van der Waals surface area contributed by atoms with E-state index in [-0.39, 0.29) is 48.1 Å². The van der Waals surface area contributed by atoms with Gasteiger partial charge in [0.2, 0.25) is 11.9 Å². The van der Waals surface area contributed by atoms with Gasteiger partial charge in [0.1, 0.15) is 17.5 Å². The molecule has 2 N–H and O–H groups in total. The molecule has 3 amide bonds. The smallest absolute Gasteiger partial charge is 0.406 e. The maximum Gasteiger partial charge on any atom is 0.573 e. The number of benzene rings is 1. The first-order valence-electron chi connectivity index (χ1n) is 11.6. The fourth-order valence-corrected chi connectivity index (χ4v) is 4.63. The van der Waals surface area contributed by atoms with Gasteiger partial charge in [-0.05, 0) is 24.1 Å². The molecule has 0 bridgehead atoms. The van der Waals surface area contributed by atoms with E-state index in [4.69, 9.17) is 0 Å². The molecule has 2 aliphatic rings. The van der Waals surface area contributed by atoms with Gasteiger partial charge >= 0.3 is 6.36 Å². The number of ether oxygens (including phenoxy) is 1. The zero-order chi connectivity index (χ0) is 27.0. The lowest BCUT2D eigenvalue weighted by Gasteiger charge is -2.17. The number of anilines is 1. The van der Waals surface area contributed by atoms with Crippen LogP contribution in [0.3, 0.4) is 0 Å². The third kappa shape index (κ3) is 5.01. The summed E-state index contributed by atoms with van der Waals surface area (Å²) in [5, 5.41) is 16.4. The normalized spacial score (nSPS) is 19.1. The zero-order valence-corrected chi connectivity index (χ0v) is 20.0. The van der Waals surface area contributed by atoms with E-state index in [9.17, 15) is 27.6 Å². The predicted molar refractivity (Wildman–Crippen MR) is 122 cm³/mol. The molecule has 1 aromatic carbocycles. The Morgan fingerprint density at radius 1 is 1.24 bits per heavy atom. The Morgan fingerprint density at radius 3 is 2.68 bits per heavy atom. The van der Waals surface area contributed by atoms with Crippen LogP contribution in [0.15, 0.2) is 30.5 Å². The van der Waals surface area contributed by atoms with E-state index in [1.165, 1.54) is 34.8 Å². The van der Waals surface area contributed by atoms with E-state index >= 15 is 0 Å². The number of hydrogen-bond donors (Lipinski definition) is 2. The van der Waals surface area contributed by atoms with Gasteiger partial charge in [-0.1, -0.05) is 17.3 Å². The highest BCUT2D eigenvalue weighted by molar-refractivity contribution is 6.02. The quantitative estimate of drug-likeness (QED) is 0.453. The molecule has 2 atom stereocenters. The molecule has 5 rings (SSSR count). The van der Waals surface area contributed by atoms with Crippen LogP contribution in [0.5, 0.6) is 5.75 Å². The van der Waals surface area contributed by atoms with E-state index in [2.05, 4.69) is 35.7 Å². The highest BCUT2D eigenvalue weighted by Gasteiger charge is 2.39. The zero-order valence-electron chi connectivity index (χ0n) is 20.0. The molecule has 16 heteroatoms. The minimum atomic E-state index is -4.81. The SMILES string of the molecule is CN1C(=O)C(Cc2ccc(OC(F)(F)F)cc2)n2c(C(=O)NCC(=O)N3CC[C@@H](c4nn[nH]n4)C3)cnc21. The molecule has 3 aromatic rings. The number of carbonyl (C=O) groups excluding carboxylic acids is 3. The Labute approximate surface area is 212 Å². The van der Waals surface area contributed by atoms with Gasteiger partial charge in [0.15, 0.2) is 5.82 Å². The van der Waals surface area contributed by atoms with Crippen LogP contribution in [0.1, 0.15) is 40.3 Å². The van der Waals surface area contributed by atoms with Crippen LogP contribution in [0.2, 0.25) is 0 Å². The fraction of sp³-hybridized carbons (Fsp3) is 0.409. The van der Waals surface area contributed by atoms with Gasteiger partial charge in [-0.25, -0.2) is 4.98 Å². The number of H-pyrrole nitrogens is 1. The highest BCUT2D eigenvalue weighted by Crippen LogP contribution is 2.33. The first kappa shape index (κ1) is 25.2. The molecule has 0 aliphatic carbocycles. The number of nitrogens with one attached hydrogen (secondary N) is 2. The van der Waals surface area contributed by atoms with Gasteiger partial charge < -0.3 is 15.0 Å². The van der Waals surface area contributed by atoms with Crippen LogP contribution >= 0.6 is 0 Å². The van der Waals surface area contributed by atoms with Crippen molar-refractivity contribution in [3.05, 3.63) is 47.5 Å². The van der Waals surface area contributed by atoms with Crippen molar-refractivity contribution >= 4 is 23.7 Å². The molecule has 200 valence electrons. The third-order valence-electron chi connectivity index (χ3n) is 6.49. The molecule has 2 aliphatic heterocycles. The van der Waals surface area contributed by atoms with Gasteiger partial charge in [-0.15, -0.1) is 23.4 Å². The second-order valence-corrected chi connectivity index (χ2v) is 8.90. The van der Waals surface area contributed by atoms with Crippen molar-refractivity contribution in [2.24, 2.45) is 0 Å². The van der Waals surface area contributed by atoms with Crippen molar-refractivity contribution in [1.29, 1.82) is 0 Å². The lowest BCUT2D eigenvalue weighted by Crippen LogP contribution is -2.39. The van der Waals surface area contributed by atoms with Crippen LogP contribution < -0.4 is 15.0 Å². The van der Waals surface area contributed by atoms with Crippen LogP contribution in [0.4, 0.5) is 19.1 Å². The van der Waals surface area contributed by atoms with Crippen molar-refractivity contribution in [3.63, 3.8) is 0 Å². The molecule has 0 radical (unpaired) electrons. The number of likely N-dealkylation sites (N-methyl/N-ethyl adjacent to an activating group) is 1. The van der Waals surface area contributed by atoms with E-state index < -0.39 is 18.3 Å². The van der Waals surface area contributed by atoms with Crippen molar-refractivity contribution < 1.29 is 32.3 Å². The first-order chi connectivity index (χ1) is 18.1. The second kappa shape index (κ2) is 9.75. The van der Waals surface area contributed by atoms with Gasteiger partial charge in [0.25, 0.3) is 11.8 Å². The summed E-state index contributed by atoms with van der Waals surface area (Å²) in [5.41, 5.74) is 0.637. The number of tetrazole rings is 1. The van der Waals surface area contributed by atoms with Crippen LogP contribution in [-0.4, -0.2) is 85.8 Å². The molecule has 1 fully saturated rings. The second-order valence-electron chi connectivity index (χ2n) is 8.90. The van der Waals surface area contributed by atoms with Crippen molar-refractivity contribution in [2.75, 3.05) is 31.6 Å². The number of nitrogens with zero attached hydrogens (tertiary/aromatic N) is 7. The van der Waals surface area contributed by atoms with E-state index in [0.717, 1.165) is 12.1 Å². The average molecular weight is 533 g/mol. The predicted octanol–water partition coefficient (Wildman–Crippen LogP) is 0.801. The summed E-state index contributed by atoms with van der Waals surface area (Å²) in [5.74, 6) is -0.853. The summed E-state index contributed by atoms with van der Waals surface area (Å²) in [4.78, 5) is 45.7. The van der Waals surface area contributed by atoms with Crippen molar-refractivity contribution in [1.82, 2.24) is 40.4 Å². The number of rotatable bonds is 7. The van der Waals surface area contributed by atoms with Crippen LogP contribution in [0.25, 0.3) is 0 Å². The minimum absolute atomic E-state index is 0.0390. The lowest BCUT2D eigenvalue weighted by molar-refractivity contribution is -0.274. The molecule has 0 spiro atoms. The molecule has 2 aromatic heterocycles. The number of alkyl halides is 3. The number of imidazole rings is 1. The summed E-state index contributed by atoms with van der Waals surface area (Å²) >= 11 is 0. The minimum Gasteiger partial charge on any atom is -0.406 e. The number of aromatic nitrogens is 6. The molecule has 1 saturated heterocycles. The van der Waals surface area contributed by atoms with Crippen molar-refractivity contribution in [3.8, 4) is 5.75 Å². The Bertz CT molecular complexity index is 1340. The van der Waals surface area contributed by atoms with E-state index in [1.807, 2.05) is 0 Å². The molecular weight excluding hydrogens is 511 g/mol. The van der Waals surface area contributed by atoms with E-state index in [0.29, 0.717) is 30.9 Å². The Balaban J connectivity index is 1.24. The number of carbonyl (C=O) groups is 3. The maximum absolute atomic E-state index is 13.0. The largest absolute Gasteiger partial charge is 0.573 e. The van der Waals surface area contributed by atoms with Gasteiger partial charge in [-0.3, -0.25) is 23.9 Å². The topological polar surface area (TPSA) is 151 Å². The summed E-state index contributed by atoms with van der Waals surface area (Å²) < 4.78 is 42.7. The maximum atomic E-state index is 13.0. The van der Waals surface area contributed by atoms with Gasteiger partial charge in [0.05, 0.1) is 12.7 Å². The number of amides is 3. The van der Waals surface area contributed by atoms with Crippen LogP contribution in [-0.2, 0) is 16.0 Å². The molecule has 4 heterocycles. The number of likely N-dealkylation sites (tertiary alicyclic amines) is 1. The van der Waals surface area contributed by atoms with Crippen molar-refractivity contribution in [2.45, 2.75) is 31.2 Å². The lowest BCUT2D eigenvalue weighted by atomic mass is 10.1. The third-order valence-corrected chi connectivity index (χ3v) is 6.49.